The molecule has 1 N–H and O–H groups in total. The highest BCUT2D eigenvalue weighted by atomic mass is 32.1. The number of amides is 1. The maximum atomic E-state index is 12.5. The van der Waals surface area contributed by atoms with Gasteiger partial charge in [0, 0.05) is 11.6 Å². The van der Waals surface area contributed by atoms with E-state index in [-0.39, 0.29) is 18.0 Å². The third-order valence-electron chi connectivity index (χ3n) is 4.42. The van der Waals surface area contributed by atoms with Crippen molar-refractivity contribution in [1.82, 2.24) is 14.8 Å². The first-order valence-electron chi connectivity index (χ1n) is 8.81. The van der Waals surface area contributed by atoms with Crippen LogP contribution in [0.15, 0.2) is 59.4 Å². The summed E-state index contributed by atoms with van der Waals surface area (Å²) in [6.07, 6.45) is 0. The van der Waals surface area contributed by atoms with Crippen LogP contribution in [0.2, 0.25) is 0 Å². The topological polar surface area (TPSA) is 76.9 Å². The van der Waals surface area contributed by atoms with Gasteiger partial charge in [-0.3, -0.25) is 9.59 Å². The summed E-state index contributed by atoms with van der Waals surface area (Å²) < 4.78 is 2.22. The second-order valence-corrected chi connectivity index (χ2v) is 7.52. The van der Waals surface area contributed by atoms with Crippen LogP contribution in [-0.2, 0) is 11.3 Å². The van der Waals surface area contributed by atoms with Gasteiger partial charge < -0.3 is 5.32 Å². The average molecular weight is 390 g/mol. The van der Waals surface area contributed by atoms with Crippen molar-refractivity contribution in [3.8, 4) is 11.3 Å². The number of hydrogen-bond acceptors (Lipinski definition) is 5. The summed E-state index contributed by atoms with van der Waals surface area (Å²) in [6.45, 7) is 3.84. The maximum Gasteiger partial charge on any atom is 0.267 e. The third kappa shape index (κ3) is 3.57. The van der Waals surface area contributed by atoms with Gasteiger partial charge in [-0.2, -0.15) is 5.10 Å². The monoisotopic (exact) mass is 390 g/mol. The maximum absolute atomic E-state index is 12.5. The van der Waals surface area contributed by atoms with Crippen LogP contribution in [0.1, 0.15) is 11.1 Å². The largest absolute Gasteiger partial charge is 0.300 e. The predicted molar refractivity (Wildman–Crippen MR) is 112 cm³/mol. The van der Waals surface area contributed by atoms with Crippen molar-refractivity contribution in [2.45, 2.75) is 20.4 Å². The molecule has 2 heterocycles. The molecule has 0 fully saturated rings. The van der Waals surface area contributed by atoms with Gasteiger partial charge in [0.15, 0.2) is 5.13 Å². The summed E-state index contributed by atoms with van der Waals surface area (Å²) in [5.74, 6) is -0.339. The summed E-state index contributed by atoms with van der Waals surface area (Å²) in [7, 11) is 0. The molecule has 7 heteroatoms. The normalized spacial score (nSPS) is 10.9. The first-order valence-corrected chi connectivity index (χ1v) is 9.63. The fourth-order valence-electron chi connectivity index (χ4n) is 2.93. The number of aromatic nitrogens is 3. The van der Waals surface area contributed by atoms with Crippen molar-refractivity contribution in [2.24, 2.45) is 0 Å². The zero-order chi connectivity index (χ0) is 19.7. The number of aryl methyl sites for hydroxylation is 2. The lowest BCUT2D eigenvalue weighted by Gasteiger charge is -2.07. The predicted octanol–water partition coefficient (Wildman–Crippen LogP) is 3.78. The van der Waals surface area contributed by atoms with Crippen LogP contribution in [0, 0.1) is 13.8 Å². The van der Waals surface area contributed by atoms with E-state index in [1.165, 1.54) is 22.1 Å². The lowest BCUT2D eigenvalue weighted by Crippen LogP contribution is -2.29. The van der Waals surface area contributed by atoms with E-state index < -0.39 is 0 Å². The second-order valence-electron chi connectivity index (χ2n) is 6.52. The molecule has 0 radical (unpaired) electrons. The Morgan fingerprint density at radius 2 is 1.79 bits per heavy atom. The molecule has 0 unspecified atom stereocenters. The molecule has 0 aliphatic heterocycles. The molecule has 4 aromatic rings. The highest BCUT2D eigenvalue weighted by Gasteiger charge is 2.13. The SMILES string of the molecule is Cc1ccc(C)c2sc(NC(=O)Cn3nc(-c4ccccc4)ccc3=O)nc12. The van der Waals surface area contributed by atoms with E-state index in [9.17, 15) is 9.59 Å². The van der Waals surface area contributed by atoms with Crippen LogP contribution in [-0.4, -0.2) is 20.7 Å². The Bertz CT molecular complexity index is 1190. The highest BCUT2D eigenvalue weighted by molar-refractivity contribution is 7.22. The molecule has 6 nitrogen and oxygen atoms in total. The van der Waals surface area contributed by atoms with Crippen LogP contribution >= 0.6 is 11.3 Å². The van der Waals surface area contributed by atoms with Gasteiger partial charge >= 0.3 is 0 Å². The Hall–Kier alpha value is -3.32. The van der Waals surface area contributed by atoms with Gasteiger partial charge in [-0.05, 0) is 31.0 Å². The molecular formula is C21H18N4O2S. The molecule has 0 aliphatic rings. The zero-order valence-electron chi connectivity index (χ0n) is 15.5. The molecular weight excluding hydrogens is 372 g/mol. The molecule has 0 bridgehead atoms. The summed E-state index contributed by atoms with van der Waals surface area (Å²) in [6, 6.07) is 16.7. The number of anilines is 1. The number of carbonyl (C=O) groups excluding carboxylic acids is 1. The van der Waals surface area contributed by atoms with E-state index >= 15 is 0 Å². The van der Waals surface area contributed by atoms with E-state index in [0.29, 0.717) is 10.8 Å². The van der Waals surface area contributed by atoms with E-state index in [1.807, 2.05) is 56.3 Å². The Kier molecular flexibility index (Phi) is 4.75. The fraction of sp³-hybridized carbons (Fsp3) is 0.143. The minimum Gasteiger partial charge on any atom is -0.300 e. The number of fused-ring (bicyclic) bond motifs is 1. The molecule has 0 saturated heterocycles. The number of hydrogen-bond donors (Lipinski definition) is 1. The number of rotatable bonds is 4. The number of nitrogens with zero attached hydrogens (tertiary/aromatic N) is 3. The van der Waals surface area contributed by atoms with Crippen LogP contribution in [0.3, 0.4) is 0 Å². The molecule has 0 aliphatic carbocycles. The number of benzene rings is 2. The average Bonchev–Trinajstić information content (AvgIpc) is 3.12. The molecule has 0 saturated carbocycles. The summed E-state index contributed by atoms with van der Waals surface area (Å²) in [5.41, 5.74) is 4.26. The van der Waals surface area contributed by atoms with Gasteiger partial charge in [0.1, 0.15) is 6.54 Å². The van der Waals surface area contributed by atoms with Gasteiger partial charge in [0.2, 0.25) is 5.91 Å². The lowest BCUT2D eigenvalue weighted by atomic mass is 10.1. The second kappa shape index (κ2) is 7.36. The molecule has 4 rings (SSSR count). The van der Waals surface area contributed by atoms with Crippen molar-refractivity contribution >= 4 is 32.6 Å². The summed E-state index contributed by atoms with van der Waals surface area (Å²) in [5, 5.41) is 7.63. The Morgan fingerprint density at radius 3 is 2.54 bits per heavy atom. The first-order chi connectivity index (χ1) is 13.5. The van der Waals surface area contributed by atoms with Gasteiger partial charge in [0.25, 0.3) is 5.56 Å². The third-order valence-corrected chi connectivity index (χ3v) is 5.52. The van der Waals surface area contributed by atoms with Gasteiger partial charge in [-0.1, -0.05) is 53.8 Å². The molecule has 28 heavy (non-hydrogen) atoms. The minimum atomic E-state index is -0.339. The first kappa shape index (κ1) is 18.1. The molecule has 1 amide bonds. The molecule has 0 atom stereocenters. The van der Waals surface area contributed by atoms with E-state index in [4.69, 9.17) is 0 Å². The Morgan fingerprint density at radius 1 is 1.04 bits per heavy atom. The Labute approximate surface area is 165 Å². The van der Waals surface area contributed by atoms with Crippen molar-refractivity contribution in [2.75, 3.05) is 5.32 Å². The van der Waals surface area contributed by atoms with Crippen molar-refractivity contribution in [3.05, 3.63) is 76.1 Å². The highest BCUT2D eigenvalue weighted by Crippen LogP contribution is 2.30. The van der Waals surface area contributed by atoms with Gasteiger partial charge in [0.05, 0.1) is 15.9 Å². The fourth-order valence-corrected chi connectivity index (χ4v) is 3.96. The van der Waals surface area contributed by atoms with Crippen molar-refractivity contribution < 1.29 is 4.79 Å². The van der Waals surface area contributed by atoms with Gasteiger partial charge in [-0.25, -0.2) is 9.67 Å². The van der Waals surface area contributed by atoms with E-state index in [0.717, 1.165) is 26.9 Å². The summed E-state index contributed by atoms with van der Waals surface area (Å²) >= 11 is 1.43. The number of nitrogens with one attached hydrogen (secondary N) is 1. The van der Waals surface area contributed by atoms with Gasteiger partial charge in [-0.15, -0.1) is 0 Å². The lowest BCUT2D eigenvalue weighted by molar-refractivity contribution is -0.117. The molecule has 0 spiro atoms. The van der Waals surface area contributed by atoms with E-state index in [2.05, 4.69) is 15.4 Å². The molecule has 2 aromatic heterocycles. The summed E-state index contributed by atoms with van der Waals surface area (Å²) in [4.78, 5) is 29.1. The minimum absolute atomic E-state index is 0.173. The number of thiazole rings is 1. The standard InChI is InChI=1S/C21H18N4O2S/c1-13-8-9-14(2)20-19(13)23-21(28-20)22-17(26)12-25-18(27)11-10-16(24-25)15-6-4-3-5-7-15/h3-11H,12H2,1-2H3,(H,22,23,26). The molecule has 140 valence electrons. The number of carbonyl (C=O) groups is 1. The quantitative estimate of drug-likeness (QED) is 0.575. The van der Waals surface area contributed by atoms with Crippen LogP contribution in [0.4, 0.5) is 5.13 Å². The van der Waals surface area contributed by atoms with Crippen LogP contribution < -0.4 is 10.9 Å². The zero-order valence-corrected chi connectivity index (χ0v) is 16.3. The smallest absolute Gasteiger partial charge is 0.267 e. The van der Waals surface area contributed by atoms with Crippen LogP contribution in [0.25, 0.3) is 21.5 Å². The van der Waals surface area contributed by atoms with Crippen molar-refractivity contribution in [3.63, 3.8) is 0 Å². The Balaban J connectivity index is 1.57. The van der Waals surface area contributed by atoms with Crippen molar-refractivity contribution in [1.29, 1.82) is 0 Å². The molecule has 2 aromatic carbocycles. The van der Waals surface area contributed by atoms with E-state index in [1.54, 1.807) is 6.07 Å². The van der Waals surface area contributed by atoms with Crippen LogP contribution in [0.5, 0.6) is 0 Å².